The Balaban J connectivity index is 1.99. The highest BCUT2D eigenvalue weighted by atomic mass is 19.4. The predicted molar refractivity (Wildman–Crippen MR) is 106 cm³/mol. The molecule has 9 heteroatoms. The lowest BCUT2D eigenvalue weighted by Crippen LogP contribution is -2.07. The first-order valence-electron chi connectivity index (χ1n) is 8.97. The lowest BCUT2D eigenvalue weighted by Gasteiger charge is -2.12. The Labute approximate surface area is 169 Å². The van der Waals surface area contributed by atoms with Crippen LogP contribution in [0.1, 0.15) is 23.9 Å². The van der Waals surface area contributed by atoms with Crippen LogP contribution >= 0.6 is 0 Å². The van der Waals surface area contributed by atoms with Crippen LogP contribution in [-0.4, -0.2) is 30.7 Å². The first-order chi connectivity index (χ1) is 14.3. The summed E-state index contributed by atoms with van der Waals surface area (Å²) in [6, 6.07) is 12.7. The summed E-state index contributed by atoms with van der Waals surface area (Å²) in [7, 11) is 0. The van der Waals surface area contributed by atoms with E-state index in [2.05, 4.69) is 20.2 Å². The largest absolute Gasteiger partial charge is 0.417 e. The van der Waals surface area contributed by atoms with E-state index in [0.29, 0.717) is 17.2 Å². The summed E-state index contributed by atoms with van der Waals surface area (Å²) >= 11 is 0. The van der Waals surface area contributed by atoms with E-state index in [1.54, 1.807) is 56.3 Å². The summed E-state index contributed by atoms with van der Waals surface area (Å²) in [6.45, 7) is 3.34. The second-order valence-electron chi connectivity index (χ2n) is 6.74. The van der Waals surface area contributed by atoms with Crippen LogP contribution in [-0.2, 0) is 6.18 Å². The van der Waals surface area contributed by atoms with Crippen molar-refractivity contribution in [3.8, 4) is 17.1 Å². The molecule has 0 saturated carbocycles. The van der Waals surface area contributed by atoms with Gasteiger partial charge in [0, 0.05) is 16.6 Å². The summed E-state index contributed by atoms with van der Waals surface area (Å²) in [5, 5.41) is 16.2. The molecule has 0 amide bonds. The molecule has 4 rings (SSSR count). The molecule has 0 saturated heterocycles. The lowest BCUT2D eigenvalue weighted by molar-refractivity contribution is -0.136. The Morgan fingerprint density at radius 3 is 2.53 bits per heavy atom. The van der Waals surface area contributed by atoms with Crippen LogP contribution in [0.4, 0.5) is 13.2 Å². The number of nitrogens with zero attached hydrogens (tertiary/aromatic N) is 5. The number of halogens is 3. The molecule has 30 heavy (non-hydrogen) atoms. The zero-order valence-corrected chi connectivity index (χ0v) is 16.0. The van der Waals surface area contributed by atoms with Crippen molar-refractivity contribution in [3.63, 3.8) is 0 Å². The van der Waals surface area contributed by atoms with Crippen LogP contribution in [0.5, 0.6) is 0 Å². The molecular weight excluding hydrogens is 395 g/mol. The van der Waals surface area contributed by atoms with Gasteiger partial charge in [-0.25, -0.2) is 14.6 Å². The standard InChI is InChI=1S/C21H16F3N5O/c1-12-5-3-8-20(26-12)29-19-10-14(9-16(21(22,23)24)15(19)11-25-29)18-7-4-6-17(27-18)13(2)28-30/h3-11,30H,1-2H3/b28-13-. The molecule has 0 aliphatic rings. The van der Waals surface area contributed by atoms with Gasteiger partial charge < -0.3 is 5.21 Å². The molecule has 0 spiro atoms. The number of alkyl halides is 3. The van der Waals surface area contributed by atoms with Gasteiger partial charge in [0.2, 0.25) is 0 Å². The number of hydrogen-bond acceptors (Lipinski definition) is 5. The van der Waals surface area contributed by atoms with Crippen LogP contribution in [0.3, 0.4) is 0 Å². The fraction of sp³-hybridized carbons (Fsp3) is 0.143. The number of rotatable bonds is 3. The summed E-state index contributed by atoms with van der Waals surface area (Å²) < 4.78 is 42.9. The molecule has 0 aliphatic heterocycles. The minimum atomic E-state index is -4.58. The fourth-order valence-electron chi connectivity index (χ4n) is 3.19. The third kappa shape index (κ3) is 3.49. The minimum Gasteiger partial charge on any atom is -0.411 e. The first-order valence-corrected chi connectivity index (χ1v) is 8.97. The van der Waals surface area contributed by atoms with Crippen molar-refractivity contribution in [2.75, 3.05) is 0 Å². The van der Waals surface area contributed by atoms with Gasteiger partial charge in [-0.3, -0.25) is 0 Å². The SMILES string of the molecule is C/C(=N/O)c1cccc(-c2cc(C(F)(F)F)c3cnn(-c4cccc(C)n4)c3c2)n1. The zero-order chi connectivity index (χ0) is 21.5. The van der Waals surface area contributed by atoms with E-state index in [9.17, 15) is 13.2 Å². The third-order valence-electron chi connectivity index (χ3n) is 4.65. The molecule has 0 aliphatic carbocycles. The van der Waals surface area contributed by atoms with E-state index in [0.717, 1.165) is 11.8 Å². The summed E-state index contributed by atoms with van der Waals surface area (Å²) in [4.78, 5) is 8.71. The average molecular weight is 411 g/mol. The normalized spacial score (nSPS) is 12.5. The van der Waals surface area contributed by atoms with E-state index in [-0.39, 0.29) is 22.2 Å². The molecule has 152 valence electrons. The summed E-state index contributed by atoms with van der Waals surface area (Å²) in [5.74, 6) is 0.417. The maximum atomic E-state index is 13.8. The van der Waals surface area contributed by atoms with Gasteiger partial charge in [0.05, 0.1) is 28.7 Å². The molecule has 3 aromatic heterocycles. The van der Waals surface area contributed by atoms with Gasteiger partial charge in [0.15, 0.2) is 5.82 Å². The monoisotopic (exact) mass is 411 g/mol. The molecule has 0 radical (unpaired) electrons. The van der Waals surface area contributed by atoms with Crippen molar-refractivity contribution >= 4 is 16.6 Å². The van der Waals surface area contributed by atoms with E-state index in [4.69, 9.17) is 5.21 Å². The molecule has 3 heterocycles. The van der Waals surface area contributed by atoms with Crippen molar-refractivity contribution in [2.24, 2.45) is 5.16 Å². The quantitative estimate of drug-likeness (QED) is 0.292. The predicted octanol–water partition coefficient (Wildman–Crippen LogP) is 5.01. The number of aromatic nitrogens is 4. The van der Waals surface area contributed by atoms with Crippen molar-refractivity contribution in [2.45, 2.75) is 20.0 Å². The average Bonchev–Trinajstić information content (AvgIpc) is 3.15. The fourth-order valence-corrected chi connectivity index (χ4v) is 3.19. The number of fused-ring (bicyclic) bond motifs is 1. The second kappa shape index (κ2) is 7.25. The van der Waals surface area contributed by atoms with E-state index in [1.807, 2.05) is 0 Å². The Kier molecular flexibility index (Phi) is 4.73. The van der Waals surface area contributed by atoms with Crippen molar-refractivity contribution in [3.05, 3.63) is 71.7 Å². The second-order valence-corrected chi connectivity index (χ2v) is 6.74. The van der Waals surface area contributed by atoms with Gasteiger partial charge in [0.25, 0.3) is 0 Å². The van der Waals surface area contributed by atoms with Gasteiger partial charge in [-0.15, -0.1) is 0 Å². The van der Waals surface area contributed by atoms with Crippen molar-refractivity contribution in [1.82, 2.24) is 19.7 Å². The highest BCUT2D eigenvalue weighted by molar-refractivity contribution is 5.97. The van der Waals surface area contributed by atoms with Crippen LogP contribution in [0.15, 0.2) is 59.9 Å². The zero-order valence-electron chi connectivity index (χ0n) is 16.0. The van der Waals surface area contributed by atoms with Gasteiger partial charge >= 0.3 is 6.18 Å². The topological polar surface area (TPSA) is 76.2 Å². The van der Waals surface area contributed by atoms with E-state index in [1.165, 1.54) is 10.9 Å². The molecule has 4 aromatic rings. The molecule has 0 atom stereocenters. The van der Waals surface area contributed by atoms with Crippen LogP contribution in [0, 0.1) is 6.92 Å². The number of pyridine rings is 2. The maximum absolute atomic E-state index is 13.8. The van der Waals surface area contributed by atoms with Gasteiger partial charge in [-0.05, 0) is 50.2 Å². The van der Waals surface area contributed by atoms with Crippen LogP contribution < -0.4 is 0 Å². The van der Waals surface area contributed by atoms with Gasteiger partial charge in [0.1, 0.15) is 5.71 Å². The smallest absolute Gasteiger partial charge is 0.411 e. The number of oxime groups is 1. The summed E-state index contributed by atoms with van der Waals surface area (Å²) in [6.07, 6.45) is -3.39. The Morgan fingerprint density at radius 2 is 1.83 bits per heavy atom. The minimum absolute atomic E-state index is 0.0289. The van der Waals surface area contributed by atoms with E-state index < -0.39 is 11.7 Å². The Morgan fingerprint density at radius 1 is 1.07 bits per heavy atom. The number of hydrogen-bond donors (Lipinski definition) is 1. The lowest BCUT2D eigenvalue weighted by atomic mass is 10.0. The number of aryl methyl sites for hydroxylation is 1. The van der Waals surface area contributed by atoms with Crippen LogP contribution in [0.25, 0.3) is 28.0 Å². The number of benzene rings is 1. The molecular formula is C21H16F3N5O. The molecule has 6 nitrogen and oxygen atoms in total. The maximum Gasteiger partial charge on any atom is 0.417 e. The highest BCUT2D eigenvalue weighted by Gasteiger charge is 2.34. The molecule has 0 unspecified atom stereocenters. The highest BCUT2D eigenvalue weighted by Crippen LogP contribution is 2.38. The third-order valence-corrected chi connectivity index (χ3v) is 4.65. The molecule has 1 N–H and O–H groups in total. The first kappa shape index (κ1) is 19.6. The Hall–Kier alpha value is -3.75. The molecule has 1 aromatic carbocycles. The van der Waals surface area contributed by atoms with Crippen molar-refractivity contribution in [1.29, 1.82) is 0 Å². The van der Waals surface area contributed by atoms with E-state index >= 15 is 0 Å². The molecule has 0 fully saturated rings. The molecule has 0 bridgehead atoms. The van der Waals surface area contributed by atoms with Crippen molar-refractivity contribution < 1.29 is 18.4 Å². The van der Waals surface area contributed by atoms with Crippen LogP contribution in [0.2, 0.25) is 0 Å². The van der Waals surface area contributed by atoms with Gasteiger partial charge in [-0.2, -0.15) is 18.3 Å². The Bertz CT molecular complexity index is 1280. The van der Waals surface area contributed by atoms with Gasteiger partial charge in [-0.1, -0.05) is 17.3 Å². The summed E-state index contributed by atoms with van der Waals surface area (Å²) in [5.41, 5.74) is 1.35.